The van der Waals surface area contributed by atoms with Crippen molar-refractivity contribution in [2.45, 2.75) is 46.2 Å². The molecule has 3 aromatic rings. The zero-order valence-electron chi connectivity index (χ0n) is 18.0. The van der Waals surface area contributed by atoms with Gasteiger partial charge in [0, 0.05) is 32.4 Å². The number of imidazole rings is 1. The molecule has 0 fully saturated rings. The van der Waals surface area contributed by atoms with E-state index < -0.39 is 0 Å². The molecule has 158 valence electrons. The first kappa shape index (κ1) is 20.2. The smallest absolute Gasteiger partial charge is 0.312 e. The molecule has 1 aromatic carbocycles. The lowest BCUT2D eigenvalue weighted by molar-refractivity contribution is 0.458. The third kappa shape index (κ3) is 3.28. The van der Waals surface area contributed by atoms with Crippen LogP contribution in [-0.4, -0.2) is 25.2 Å². The van der Waals surface area contributed by atoms with Crippen LogP contribution in [0.5, 0.6) is 0 Å². The van der Waals surface area contributed by atoms with Gasteiger partial charge < -0.3 is 9.47 Å². The van der Waals surface area contributed by atoms with Crippen LogP contribution in [0.2, 0.25) is 0 Å². The van der Waals surface area contributed by atoms with Gasteiger partial charge in [0.2, 0.25) is 5.95 Å². The van der Waals surface area contributed by atoms with E-state index in [9.17, 15) is 9.59 Å². The van der Waals surface area contributed by atoms with Gasteiger partial charge in [-0.05, 0) is 36.5 Å². The van der Waals surface area contributed by atoms with E-state index in [-0.39, 0.29) is 17.8 Å². The molecular formula is C23H29N5O2. The van der Waals surface area contributed by atoms with Crippen LogP contribution in [0.3, 0.4) is 0 Å². The van der Waals surface area contributed by atoms with Crippen molar-refractivity contribution >= 4 is 22.8 Å². The molecule has 0 radical (unpaired) electrons. The van der Waals surface area contributed by atoms with Gasteiger partial charge in [-0.15, -0.1) is 6.58 Å². The molecule has 4 rings (SSSR count). The number of benzene rings is 1. The molecule has 0 saturated heterocycles. The average Bonchev–Trinajstić information content (AvgIpc) is 3.13. The highest BCUT2D eigenvalue weighted by Gasteiger charge is 2.29. The average molecular weight is 408 g/mol. The van der Waals surface area contributed by atoms with Crippen LogP contribution in [0.15, 0.2) is 46.5 Å². The highest BCUT2D eigenvalue weighted by Crippen LogP contribution is 2.33. The summed E-state index contributed by atoms with van der Waals surface area (Å²) in [5.41, 5.74) is 2.60. The molecule has 3 heterocycles. The van der Waals surface area contributed by atoms with E-state index >= 15 is 0 Å². The van der Waals surface area contributed by atoms with Crippen LogP contribution in [0.4, 0.5) is 11.6 Å². The van der Waals surface area contributed by atoms with E-state index in [1.54, 1.807) is 13.1 Å². The summed E-state index contributed by atoms with van der Waals surface area (Å²) >= 11 is 0. The van der Waals surface area contributed by atoms with Gasteiger partial charge in [-0.2, -0.15) is 4.98 Å². The van der Waals surface area contributed by atoms with Gasteiger partial charge in [0.25, 0.3) is 5.56 Å². The summed E-state index contributed by atoms with van der Waals surface area (Å²) in [5.74, 6) is 1.05. The second-order valence-corrected chi connectivity index (χ2v) is 8.23. The SMILES string of the molecule is C=CCn1c(=O)c2c(nc3n2C[C@@H](C)CN3c2ccc(CCCC)cc2)n(C)c1=O. The van der Waals surface area contributed by atoms with E-state index in [1.807, 2.05) is 4.57 Å². The number of anilines is 2. The third-order valence-electron chi connectivity index (χ3n) is 5.82. The van der Waals surface area contributed by atoms with Crippen molar-refractivity contribution in [3.05, 3.63) is 63.3 Å². The van der Waals surface area contributed by atoms with E-state index in [2.05, 4.69) is 49.6 Å². The molecule has 2 aromatic heterocycles. The van der Waals surface area contributed by atoms with Crippen LogP contribution in [0.25, 0.3) is 11.2 Å². The van der Waals surface area contributed by atoms with Crippen molar-refractivity contribution in [1.82, 2.24) is 18.7 Å². The molecule has 1 atom stereocenters. The van der Waals surface area contributed by atoms with Gasteiger partial charge in [-0.1, -0.05) is 38.5 Å². The Hall–Kier alpha value is -3.09. The van der Waals surface area contributed by atoms with Crippen LogP contribution < -0.4 is 16.1 Å². The summed E-state index contributed by atoms with van der Waals surface area (Å²) in [4.78, 5) is 32.7. The Morgan fingerprint density at radius 2 is 1.93 bits per heavy atom. The lowest BCUT2D eigenvalue weighted by Crippen LogP contribution is -2.40. The minimum absolute atomic E-state index is 0.181. The lowest BCUT2D eigenvalue weighted by atomic mass is 10.1. The zero-order chi connectivity index (χ0) is 21.4. The van der Waals surface area contributed by atoms with Crippen LogP contribution in [0.1, 0.15) is 32.3 Å². The van der Waals surface area contributed by atoms with Crippen LogP contribution in [-0.2, 0) is 26.6 Å². The number of nitrogens with zero attached hydrogens (tertiary/aromatic N) is 5. The number of aryl methyl sites for hydroxylation is 2. The van der Waals surface area contributed by atoms with Gasteiger partial charge in [-0.25, -0.2) is 4.79 Å². The van der Waals surface area contributed by atoms with Crippen molar-refractivity contribution in [3.63, 3.8) is 0 Å². The molecule has 0 N–H and O–H groups in total. The molecule has 0 aliphatic carbocycles. The molecular weight excluding hydrogens is 378 g/mol. The first-order valence-electron chi connectivity index (χ1n) is 10.6. The Morgan fingerprint density at radius 1 is 1.20 bits per heavy atom. The number of allylic oxidation sites excluding steroid dienone is 1. The quantitative estimate of drug-likeness (QED) is 0.589. The maximum atomic E-state index is 13.1. The van der Waals surface area contributed by atoms with Crippen molar-refractivity contribution in [1.29, 1.82) is 0 Å². The summed E-state index contributed by atoms with van der Waals surface area (Å²) < 4.78 is 4.65. The summed E-state index contributed by atoms with van der Waals surface area (Å²) in [7, 11) is 1.67. The van der Waals surface area contributed by atoms with Gasteiger partial charge >= 0.3 is 5.69 Å². The van der Waals surface area contributed by atoms with Gasteiger partial charge in [0.1, 0.15) is 0 Å². The Balaban J connectivity index is 1.86. The second-order valence-electron chi connectivity index (χ2n) is 8.23. The van der Waals surface area contributed by atoms with Crippen molar-refractivity contribution in [3.8, 4) is 0 Å². The Kier molecular flexibility index (Phi) is 5.37. The second kappa shape index (κ2) is 7.97. The highest BCUT2D eigenvalue weighted by molar-refractivity contribution is 5.77. The van der Waals surface area contributed by atoms with Gasteiger partial charge in [0.05, 0.1) is 0 Å². The minimum atomic E-state index is -0.372. The fraction of sp³-hybridized carbons (Fsp3) is 0.435. The van der Waals surface area contributed by atoms with Crippen LogP contribution in [0, 0.1) is 5.92 Å². The Labute approximate surface area is 175 Å². The largest absolute Gasteiger partial charge is 0.332 e. The van der Waals surface area contributed by atoms with Gasteiger partial charge in [0.15, 0.2) is 11.2 Å². The predicted molar refractivity (Wildman–Crippen MR) is 121 cm³/mol. The predicted octanol–water partition coefficient (Wildman–Crippen LogP) is 3.21. The maximum Gasteiger partial charge on any atom is 0.332 e. The topological polar surface area (TPSA) is 65.1 Å². The number of hydrogen-bond donors (Lipinski definition) is 0. The fourth-order valence-electron chi connectivity index (χ4n) is 4.24. The normalized spacial score (nSPS) is 16.1. The summed E-state index contributed by atoms with van der Waals surface area (Å²) in [6.45, 7) is 9.73. The van der Waals surface area contributed by atoms with E-state index in [1.165, 1.54) is 27.5 Å². The highest BCUT2D eigenvalue weighted by atomic mass is 16.2. The Bertz CT molecular complexity index is 1200. The third-order valence-corrected chi connectivity index (χ3v) is 5.82. The molecule has 0 bridgehead atoms. The molecule has 0 spiro atoms. The van der Waals surface area contributed by atoms with E-state index in [0.717, 1.165) is 18.7 Å². The van der Waals surface area contributed by atoms with Crippen molar-refractivity contribution in [2.75, 3.05) is 11.4 Å². The summed E-state index contributed by atoms with van der Waals surface area (Å²) in [6, 6.07) is 8.59. The monoisotopic (exact) mass is 407 g/mol. The maximum absolute atomic E-state index is 13.1. The summed E-state index contributed by atoms with van der Waals surface area (Å²) in [5, 5.41) is 0. The molecule has 7 nitrogen and oxygen atoms in total. The number of hydrogen-bond acceptors (Lipinski definition) is 4. The first-order valence-corrected chi connectivity index (χ1v) is 10.6. The van der Waals surface area contributed by atoms with Gasteiger partial charge in [-0.3, -0.25) is 13.9 Å². The molecule has 30 heavy (non-hydrogen) atoms. The number of unbranched alkanes of at least 4 members (excludes halogenated alkanes) is 1. The van der Waals surface area contributed by atoms with Crippen LogP contribution >= 0.6 is 0 Å². The van der Waals surface area contributed by atoms with E-state index in [4.69, 9.17) is 4.98 Å². The van der Waals surface area contributed by atoms with E-state index in [0.29, 0.717) is 29.6 Å². The molecule has 0 saturated carbocycles. The molecule has 1 aliphatic rings. The molecule has 0 amide bonds. The molecule has 1 aliphatic heterocycles. The Morgan fingerprint density at radius 3 is 2.60 bits per heavy atom. The molecule has 7 heteroatoms. The van der Waals surface area contributed by atoms with Crippen molar-refractivity contribution < 1.29 is 0 Å². The standard InChI is InChI=1S/C23H29N5O2/c1-5-7-8-17-9-11-18(12-10-17)27-14-16(3)15-28-19-20(24-22(27)28)25(4)23(30)26(13-6-2)21(19)29/h6,9-12,16H,2,5,7-8,13-15H2,1,3-4H3/t16-/m0/s1. The minimum Gasteiger partial charge on any atom is -0.312 e. The number of aromatic nitrogens is 4. The first-order chi connectivity index (χ1) is 14.5. The fourth-order valence-corrected chi connectivity index (χ4v) is 4.24. The van der Waals surface area contributed by atoms with Crippen molar-refractivity contribution in [2.24, 2.45) is 13.0 Å². The number of fused-ring (bicyclic) bond motifs is 3. The number of rotatable bonds is 6. The molecule has 0 unspecified atom stereocenters. The summed E-state index contributed by atoms with van der Waals surface area (Å²) in [6.07, 6.45) is 5.01. The lowest BCUT2D eigenvalue weighted by Gasteiger charge is -2.33. The zero-order valence-corrected chi connectivity index (χ0v) is 18.0.